The second kappa shape index (κ2) is 7.62. The normalized spacial score (nSPS) is 13.8. The first-order chi connectivity index (χ1) is 13.5. The average Bonchev–Trinajstić information content (AvgIpc) is 3.09. The summed E-state index contributed by atoms with van der Waals surface area (Å²) in [5, 5.41) is 4.38. The van der Waals surface area contributed by atoms with Gasteiger partial charge in [-0.1, -0.05) is 36.8 Å². The molecule has 6 heteroatoms. The van der Waals surface area contributed by atoms with Crippen LogP contribution in [-0.2, 0) is 26.6 Å². The van der Waals surface area contributed by atoms with Crippen molar-refractivity contribution < 1.29 is 4.79 Å². The van der Waals surface area contributed by atoms with E-state index in [-0.39, 0.29) is 5.91 Å². The van der Waals surface area contributed by atoms with E-state index in [1.807, 2.05) is 45.4 Å². The van der Waals surface area contributed by atoms with Crippen LogP contribution < -0.4 is 0 Å². The summed E-state index contributed by atoms with van der Waals surface area (Å²) < 4.78 is 4.05. The van der Waals surface area contributed by atoms with Gasteiger partial charge in [0, 0.05) is 44.5 Å². The summed E-state index contributed by atoms with van der Waals surface area (Å²) in [6.45, 7) is 3.43. The number of amides is 1. The van der Waals surface area contributed by atoms with E-state index in [1.54, 1.807) is 9.58 Å². The molecule has 0 aliphatic carbocycles. The summed E-state index contributed by atoms with van der Waals surface area (Å²) in [6, 6.07) is 10.2. The van der Waals surface area contributed by atoms with Crippen LogP contribution in [-0.4, -0.2) is 37.2 Å². The molecule has 3 aromatic rings. The Morgan fingerprint density at radius 2 is 1.96 bits per heavy atom. The van der Waals surface area contributed by atoms with Crippen molar-refractivity contribution in [2.45, 2.75) is 45.7 Å². The van der Waals surface area contributed by atoms with Gasteiger partial charge in [-0.2, -0.15) is 5.10 Å². The molecule has 0 radical (unpaired) electrons. The molecule has 4 rings (SSSR count). The van der Waals surface area contributed by atoms with Gasteiger partial charge in [0.2, 0.25) is 0 Å². The third-order valence-corrected chi connectivity index (χ3v) is 5.47. The predicted octanol–water partition coefficient (Wildman–Crippen LogP) is 3.59. The van der Waals surface area contributed by atoms with Crippen molar-refractivity contribution in [1.29, 1.82) is 0 Å². The average molecular weight is 377 g/mol. The lowest BCUT2D eigenvalue weighted by Crippen LogP contribution is -2.27. The molecule has 1 aliphatic heterocycles. The molecule has 0 unspecified atom stereocenters. The fourth-order valence-electron chi connectivity index (χ4n) is 4.01. The molecule has 0 atom stereocenters. The molecule has 0 saturated carbocycles. The minimum atomic E-state index is -0.0175. The van der Waals surface area contributed by atoms with Crippen molar-refractivity contribution in [3.05, 3.63) is 59.2 Å². The molecule has 0 N–H and O–H groups in total. The van der Waals surface area contributed by atoms with Gasteiger partial charge in [-0.3, -0.25) is 9.48 Å². The molecular weight excluding hydrogens is 350 g/mol. The van der Waals surface area contributed by atoms with E-state index in [4.69, 9.17) is 4.98 Å². The lowest BCUT2D eigenvalue weighted by Gasteiger charge is -2.16. The van der Waals surface area contributed by atoms with Crippen LogP contribution in [0.25, 0.3) is 11.4 Å². The Balaban J connectivity index is 1.69. The molecule has 1 amide bonds. The maximum absolute atomic E-state index is 13.3. The number of hydrogen-bond donors (Lipinski definition) is 0. The lowest BCUT2D eigenvalue weighted by molar-refractivity contribution is 0.0778. The number of aryl methyl sites for hydroxylation is 2. The molecule has 1 aliphatic rings. The van der Waals surface area contributed by atoms with Crippen molar-refractivity contribution in [3.63, 3.8) is 0 Å². The van der Waals surface area contributed by atoms with Crippen LogP contribution in [0, 0.1) is 6.92 Å². The second-order valence-electron chi connectivity index (χ2n) is 7.63. The summed E-state index contributed by atoms with van der Waals surface area (Å²) in [6.07, 6.45) is 6.30. The third-order valence-electron chi connectivity index (χ3n) is 5.47. The molecule has 0 fully saturated rings. The molecule has 0 bridgehead atoms. The largest absolute Gasteiger partial charge is 0.336 e. The van der Waals surface area contributed by atoms with Crippen molar-refractivity contribution in [2.75, 3.05) is 7.05 Å². The summed E-state index contributed by atoms with van der Waals surface area (Å²) >= 11 is 0. The van der Waals surface area contributed by atoms with Gasteiger partial charge in [0.25, 0.3) is 5.91 Å². The third kappa shape index (κ3) is 3.46. The predicted molar refractivity (Wildman–Crippen MR) is 109 cm³/mol. The van der Waals surface area contributed by atoms with Gasteiger partial charge in [-0.15, -0.1) is 0 Å². The highest BCUT2D eigenvalue weighted by Gasteiger charge is 2.26. The van der Waals surface area contributed by atoms with E-state index in [0.29, 0.717) is 12.2 Å². The number of benzene rings is 1. The zero-order chi connectivity index (χ0) is 19.7. The van der Waals surface area contributed by atoms with Crippen LogP contribution in [0.15, 0.2) is 36.5 Å². The summed E-state index contributed by atoms with van der Waals surface area (Å²) in [4.78, 5) is 19.9. The minimum Gasteiger partial charge on any atom is -0.336 e. The van der Waals surface area contributed by atoms with Crippen LogP contribution >= 0.6 is 0 Å². The Bertz CT molecular complexity index is 986. The van der Waals surface area contributed by atoms with Crippen molar-refractivity contribution in [2.24, 2.45) is 7.05 Å². The Hall–Kier alpha value is -2.89. The first-order valence-electron chi connectivity index (χ1n) is 9.94. The number of rotatable bonds is 4. The lowest BCUT2D eigenvalue weighted by atomic mass is 10.1. The van der Waals surface area contributed by atoms with Gasteiger partial charge >= 0.3 is 0 Å². The fraction of sp³-hybridized carbons (Fsp3) is 0.409. The van der Waals surface area contributed by atoms with Crippen molar-refractivity contribution in [3.8, 4) is 11.4 Å². The quantitative estimate of drug-likeness (QED) is 0.698. The van der Waals surface area contributed by atoms with Gasteiger partial charge in [0.05, 0.1) is 11.4 Å². The van der Waals surface area contributed by atoms with E-state index < -0.39 is 0 Å². The van der Waals surface area contributed by atoms with E-state index in [1.165, 1.54) is 6.42 Å². The minimum absolute atomic E-state index is 0.0175. The molecule has 146 valence electrons. The van der Waals surface area contributed by atoms with E-state index >= 15 is 0 Å². The number of carbonyl (C=O) groups is 1. The van der Waals surface area contributed by atoms with Gasteiger partial charge in [-0.25, -0.2) is 4.98 Å². The Morgan fingerprint density at radius 3 is 2.68 bits per heavy atom. The molecule has 1 aromatic carbocycles. The van der Waals surface area contributed by atoms with E-state index in [2.05, 4.69) is 21.8 Å². The van der Waals surface area contributed by atoms with Crippen LogP contribution in [0.3, 0.4) is 0 Å². The molecule has 3 heterocycles. The number of carbonyl (C=O) groups excluding carboxylic acids is 1. The summed E-state index contributed by atoms with van der Waals surface area (Å²) in [5.74, 6) is 0.892. The standard InChI is InChI=1S/C22H27N5O/c1-16-18(15-26(3)24-16)14-25(2)22(28)20-19-12-8-5-9-13-27(19)21(23-20)17-10-6-4-7-11-17/h4,6-7,10-11,15H,5,8-9,12-14H2,1-3H3. The van der Waals surface area contributed by atoms with Crippen LogP contribution in [0.5, 0.6) is 0 Å². The van der Waals surface area contributed by atoms with Gasteiger partial charge in [0.1, 0.15) is 11.5 Å². The van der Waals surface area contributed by atoms with E-state index in [0.717, 1.165) is 54.1 Å². The molecule has 0 saturated heterocycles. The monoisotopic (exact) mass is 377 g/mol. The first-order valence-corrected chi connectivity index (χ1v) is 9.94. The highest BCUT2D eigenvalue weighted by atomic mass is 16.2. The number of nitrogens with zero attached hydrogens (tertiary/aromatic N) is 5. The zero-order valence-corrected chi connectivity index (χ0v) is 16.9. The van der Waals surface area contributed by atoms with Crippen LogP contribution in [0.1, 0.15) is 46.7 Å². The van der Waals surface area contributed by atoms with Crippen LogP contribution in [0.2, 0.25) is 0 Å². The highest BCUT2D eigenvalue weighted by molar-refractivity contribution is 5.94. The first kappa shape index (κ1) is 18.5. The maximum atomic E-state index is 13.3. The summed E-state index contributed by atoms with van der Waals surface area (Å²) in [7, 11) is 3.75. The van der Waals surface area contributed by atoms with E-state index in [9.17, 15) is 4.79 Å². The smallest absolute Gasteiger partial charge is 0.274 e. The number of hydrogen-bond acceptors (Lipinski definition) is 3. The number of imidazole rings is 1. The fourth-order valence-corrected chi connectivity index (χ4v) is 4.01. The Kier molecular flexibility index (Phi) is 5.03. The molecule has 6 nitrogen and oxygen atoms in total. The SMILES string of the molecule is Cc1nn(C)cc1CN(C)C(=O)c1nc(-c2ccccc2)n2c1CCCCC2. The highest BCUT2D eigenvalue weighted by Crippen LogP contribution is 2.28. The number of fused-ring (bicyclic) bond motifs is 1. The van der Waals surface area contributed by atoms with Gasteiger partial charge < -0.3 is 9.47 Å². The van der Waals surface area contributed by atoms with Gasteiger partial charge in [0.15, 0.2) is 0 Å². The molecule has 28 heavy (non-hydrogen) atoms. The summed E-state index contributed by atoms with van der Waals surface area (Å²) in [5.41, 5.74) is 4.76. The van der Waals surface area contributed by atoms with Crippen molar-refractivity contribution in [1.82, 2.24) is 24.2 Å². The van der Waals surface area contributed by atoms with Gasteiger partial charge in [-0.05, 0) is 26.2 Å². The molecule has 2 aromatic heterocycles. The molecular formula is C22H27N5O. The Labute approximate surface area is 165 Å². The number of aromatic nitrogens is 4. The maximum Gasteiger partial charge on any atom is 0.274 e. The second-order valence-corrected chi connectivity index (χ2v) is 7.63. The van der Waals surface area contributed by atoms with Crippen LogP contribution in [0.4, 0.5) is 0 Å². The topological polar surface area (TPSA) is 56.0 Å². The zero-order valence-electron chi connectivity index (χ0n) is 16.9. The molecule has 0 spiro atoms. The Morgan fingerprint density at radius 1 is 1.18 bits per heavy atom. The van der Waals surface area contributed by atoms with Crippen molar-refractivity contribution >= 4 is 5.91 Å².